The molecule has 120 valence electrons. The fourth-order valence-electron chi connectivity index (χ4n) is 3.27. The molecule has 0 aliphatic rings. The standard InChI is InChI=1S/C20H31N2/c1-7-17-9-11-18(12-10-17)21-13-14-22(16-21)20(6,8-2)15-19(3,4)5/h9-14,16H,7-8,15H2,1-6H3/q+1. The van der Waals surface area contributed by atoms with Crippen LogP contribution in [0.25, 0.3) is 5.69 Å². The maximum Gasteiger partial charge on any atom is 0.249 e. The van der Waals surface area contributed by atoms with Crippen LogP contribution in [-0.2, 0) is 12.0 Å². The smallest absolute Gasteiger partial charge is 0.231 e. The SMILES string of the molecule is CCc1ccc(-n2cc[n+](C(C)(CC)CC(C)(C)C)c2)cc1. The van der Waals surface area contributed by atoms with E-state index in [4.69, 9.17) is 0 Å². The minimum atomic E-state index is 0.160. The topological polar surface area (TPSA) is 8.81 Å². The highest BCUT2D eigenvalue weighted by atomic mass is 15.2. The lowest BCUT2D eigenvalue weighted by Gasteiger charge is -2.32. The zero-order valence-electron chi connectivity index (χ0n) is 15.1. The number of hydrogen-bond donors (Lipinski definition) is 0. The van der Waals surface area contributed by atoms with Gasteiger partial charge >= 0.3 is 0 Å². The Morgan fingerprint density at radius 1 is 1.00 bits per heavy atom. The van der Waals surface area contributed by atoms with Gasteiger partial charge in [0.15, 0.2) is 0 Å². The first-order chi connectivity index (χ1) is 10.3. The molecular weight excluding hydrogens is 268 g/mol. The zero-order chi connectivity index (χ0) is 16.4. The molecule has 22 heavy (non-hydrogen) atoms. The van der Waals surface area contributed by atoms with Crippen molar-refractivity contribution in [3.63, 3.8) is 0 Å². The van der Waals surface area contributed by atoms with Crippen LogP contribution in [0.3, 0.4) is 0 Å². The van der Waals surface area contributed by atoms with Crippen LogP contribution in [0.4, 0.5) is 0 Å². The van der Waals surface area contributed by atoms with E-state index in [2.05, 4.69) is 93.7 Å². The molecule has 2 heteroatoms. The fraction of sp³-hybridized carbons (Fsp3) is 0.550. The van der Waals surface area contributed by atoms with Crippen molar-refractivity contribution in [1.29, 1.82) is 0 Å². The van der Waals surface area contributed by atoms with Gasteiger partial charge in [-0.25, -0.2) is 9.13 Å². The van der Waals surface area contributed by atoms with E-state index >= 15 is 0 Å². The Kier molecular flexibility index (Phi) is 4.79. The minimum Gasteiger partial charge on any atom is -0.231 e. The van der Waals surface area contributed by atoms with E-state index in [0.717, 1.165) is 12.8 Å². The molecule has 1 unspecified atom stereocenters. The van der Waals surface area contributed by atoms with Crippen LogP contribution in [-0.4, -0.2) is 4.57 Å². The molecule has 2 aromatic rings. The lowest BCUT2D eigenvalue weighted by molar-refractivity contribution is -0.764. The van der Waals surface area contributed by atoms with Crippen molar-refractivity contribution in [2.24, 2.45) is 5.41 Å². The van der Waals surface area contributed by atoms with Gasteiger partial charge in [0.2, 0.25) is 6.33 Å². The quantitative estimate of drug-likeness (QED) is 0.695. The Labute approximate surface area is 135 Å². The third-order valence-corrected chi connectivity index (χ3v) is 4.58. The molecule has 1 heterocycles. The second-order valence-corrected chi connectivity index (χ2v) is 7.84. The molecule has 2 rings (SSSR count). The monoisotopic (exact) mass is 299 g/mol. The average Bonchev–Trinajstić information content (AvgIpc) is 2.96. The van der Waals surface area contributed by atoms with Crippen molar-refractivity contribution < 1.29 is 4.57 Å². The number of rotatable bonds is 5. The molecule has 1 aromatic heterocycles. The van der Waals surface area contributed by atoms with E-state index < -0.39 is 0 Å². The number of hydrogen-bond acceptors (Lipinski definition) is 0. The first kappa shape index (κ1) is 16.8. The highest BCUT2D eigenvalue weighted by molar-refractivity contribution is 5.34. The number of benzene rings is 1. The molecule has 0 bridgehead atoms. The second-order valence-electron chi connectivity index (χ2n) is 7.84. The maximum absolute atomic E-state index is 2.38. The number of nitrogens with zero attached hydrogens (tertiary/aromatic N) is 2. The molecule has 0 radical (unpaired) electrons. The molecule has 0 spiro atoms. The van der Waals surface area contributed by atoms with E-state index in [1.807, 2.05) is 0 Å². The Bertz CT molecular complexity index is 601. The summed E-state index contributed by atoms with van der Waals surface area (Å²) in [6.45, 7) is 13.8. The van der Waals surface area contributed by atoms with Crippen LogP contribution in [0.2, 0.25) is 0 Å². The largest absolute Gasteiger partial charge is 0.249 e. The predicted molar refractivity (Wildman–Crippen MR) is 93.4 cm³/mol. The van der Waals surface area contributed by atoms with Crippen LogP contribution in [0.15, 0.2) is 43.0 Å². The third kappa shape index (κ3) is 3.79. The minimum absolute atomic E-state index is 0.160. The molecule has 1 atom stereocenters. The molecule has 0 saturated heterocycles. The van der Waals surface area contributed by atoms with Gasteiger partial charge in [-0.05, 0) is 49.3 Å². The third-order valence-electron chi connectivity index (χ3n) is 4.58. The summed E-state index contributed by atoms with van der Waals surface area (Å²) in [5.41, 5.74) is 3.09. The molecule has 0 aliphatic heterocycles. The summed E-state index contributed by atoms with van der Waals surface area (Å²) >= 11 is 0. The number of imidazole rings is 1. The lowest BCUT2D eigenvalue weighted by atomic mass is 9.79. The highest BCUT2D eigenvalue weighted by Crippen LogP contribution is 2.31. The summed E-state index contributed by atoms with van der Waals surface area (Å²) in [6.07, 6.45) is 10.00. The summed E-state index contributed by atoms with van der Waals surface area (Å²) in [5.74, 6) is 0. The van der Waals surface area contributed by atoms with Crippen LogP contribution in [0.5, 0.6) is 0 Å². The average molecular weight is 299 g/mol. The van der Waals surface area contributed by atoms with Crippen LogP contribution < -0.4 is 4.57 Å². The fourth-order valence-corrected chi connectivity index (χ4v) is 3.27. The van der Waals surface area contributed by atoms with Crippen molar-refractivity contribution >= 4 is 0 Å². The van der Waals surface area contributed by atoms with Crippen LogP contribution >= 0.6 is 0 Å². The number of aromatic nitrogens is 2. The Balaban J connectivity index is 2.29. The van der Waals surface area contributed by atoms with Gasteiger partial charge in [-0.3, -0.25) is 0 Å². The van der Waals surface area contributed by atoms with Crippen molar-refractivity contribution in [3.8, 4) is 5.69 Å². The van der Waals surface area contributed by atoms with E-state index in [1.54, 1.807) is 0 Å². The second kappa shape index (κ2) is 6.28. The summed E-state index contributed by atoms with van der Waals surface area (Å²) in [6, 6.07) is 8.84. The summed E-state index contributed by atoms with van der Waals surface area (Å²) in [7, 11) is 0. The predicted octanol–water partition coefficient (Wildman–Crippen LogP) is 4.89. The van der Waals surface area contributed by atoms with Gasteiger partial charge in [-0.2, -0.15) is 0 Å². The molecule has 0 aliphatic carbocycles. The van der Waals surface area contributed by atoms with Gasteiger partial charge in [0.25, 0.3) is 0 Å². The molecule has 0 saturated carbocycles. The van der Waals surface area contributed by atoms with Crippen molar-refractivity contribution in [2.45, 2.75) is 66.3 Å². The van der Waals surface area contributed by atoms with E-state index in [-0.39, 0.29) is 5.54 Å². The molecule has 0 fully saturated rings. The van der Waals surface area contributed by atoms with Gasteiger partial charge in [-0.1, -0.05) is 46.8 Å². The van der Waals surface area contributed by atoms with E-state index in [1.165, 1.54) is 17.7 Å². The molecule has 0 N–H and O–H groups in total. The molecule has 1 aromatic carbocycles. The van der Waals surface area contributed by atoms with Crippen molar-refractivity contribution in [3.05, 3.63) is 48.5 Å². The summed E-state index contributed by atoms with van der Waals surface area (Å²) in [4.78, 5) is 0. The van der Waals surface area contributed by atoms with Gasteiger partial charge in [0, 0.05) is 0 Å². The summed E-state index contributed by atoms with van der Waals surface area (Å²) < 4.78 is 4.60. The van der Waals surface area contributed by atoms with Crippen molar-refractivity contribution in [1.82, 2.24) is 4.57 Å². The Hall–Kier alpha value is -1.57. The highest BCUT2D eigenvalue weighted by Gasteiger charge is 2.34. The maximum atomic E-state index is 2.38. The number of aryl methyl sites for hydroxylation is 1. The van der Waals surface area contributed by atoms with Crippen LogP contribution in [0.1, 0.15) is 59.9 Å². The van der Waals surface area contributed by atoms with Gasteiger partial charge in [0.1, 0.15) is 23.6 Å². The first-order valence-electron chi connectivity index (χ1n) is 8.46. The van der Waals surface area contributed by atoms with E-state index in [9.17, 15) is 0 Å². The summed E-state index contributed by atoms with van der Waals surface area (Å²) in [5, 5.41) is 0. The van der Waals surface area contributed by atoms with Gasteiger partial charge < -0.3 is 0 Å². The Morgan fingerprint density at radius 3 is 2.14 bits per heavy atom. The van der Waals surface area contributed by atoms with Gasteiger partial charge in [0.05, 0.1) is 0 Å². The van der Waals surface area contributed by atoms with Crippen molar-refractivity contribution in [2.75, 3.05) is 0 Å². The van der Waals surface area contributed by atoms with Gasteiger partial charge in [-0.15, -0.1) is 0 Å². The normalized spacial score (nSPS) is 14.8. The zero-order valence-corrected chi connectivity index (χ0v) is 15.1. The van der Waals surface area contributed by atoms with Crippen LogP contribution in [0, 0.1) is 5.41 Å². The van der Waals surface area contributed by atoms with E-state index in [0.29, 0.717) is 5.41 Å². The first-order valence-corrected chi connectivity index (χ1v) is 8.46. The molecule has 2 nitrogen and oxygen atoms in total. The molecular formula is C20H31N2+. The molecule has 0 amide bonds. The lowest BCUT2D eigenvalue weighted by Crippen LogP contribution is -2.54. The Morgan fingerprint density at radius 2 is 1.64 bits per heavy atom.